The second kappa shape index (κ2) is 10.0. The third kappa shape index (κ3) is 4.70. The van der Waals surface area contributed by atoms with Crippen LogP contribution in [0.5, 0.6) is 0 Å². The average Bonchev–Trinajstić information content (AvgIpc) is 2.79. The smallest absolute Gasteiger partial charge is 0.157 e. The van der Waals surface area contributed by atoms with E-state index in [2.05, 4.69) is 55.9 Å². The molecule has 4 saturated heterocycles. The first-order valence-electron chi connectivity index (χ1n) is 13.2. The van der Waals surface area contributed by atoms with Crippen LogP contribution in [-0.4, -0.2) is 110 Å². The number of hydrogen-bond acceptors (Lipinski definition) is 10. The second-order valence-electron chi connectivity index (χ2n) is 10.6. The molecular formula is C26H38N8O2. The lowest BCUT2D eigenvalue weighted by molar-refractivity contribution is -0.0691. The van der Waals surface area contributed by atoms with E-state index in [0.717, 1.165) is 88.7 Å². The number of nitrogens with zero attached hydrogens (tertiary/aromatic N) is 6. The molecule has 3 N–H and O–H groups in total. The fourth-order valence-electron chi connectivity index (χ4n) is 5.79. The van der Waals surface area contributed by atoms with Gasteiger partial charge in [0.15, 0.2) is 5.82 Å². The second-order valence-corrected chi connectivity index (χ2v) is 10.6. The van der Waals surface area contributed by atoms with E-state index in [4.69, 9.17) is 20.2 Å². The molecule has 4 fully saturated rings. The van der Waals surface area contributed by atoms with Gasteiger partial charge in [0.05, 0.1) is 56.1 Å². The Balaban J connectivity index is 1.13. The van der Waals surface area contributed by atoms with E-state index in [-0.39, 0.29) is 0 Å². The lowest BCUT2D eigenvalue weighted by Crippen LogP contribution is -2.59. The first-order valence-corrected chi connectivity index (χ1v) is 13.2. The quantitative estimate of drug-likeness (QED) is 0.617. The van der Waals surface area contributed by atoms with Gasteiger partial charge in [-0.3, -0.25) is 9.80 Å². The van der Waals surface area contributed by atoms with Crippen LogP contribution in [0.3, 0.4) is 0 Å². The molecule has 6 heterocycles. The molecule has 4 aliphatic rings. The maximum absolute atomic E-state index is 6.09. The summed E-state index contributed by atoms with van der Waals surface area (Å²) in [7, 11) is 0. The number of hydrogen-bond donors (Lipinski definition) is 2. The number of nitrogens with two attached hydrogens (primary N) is 1. The maximum Gasteiger partial charge on any atom is 0.157 e. The topological polar surface area (TPSA) is 95.2 Å². The zero-order valence-electron chi connectivity index (χ0n) is 21.3. The van der Waals surface area contributed by atoms with Crippen molar-refractivity contribution >= 4 is 28.8 Å². The molecule has 0 aliphatic carbocycles. The van der Waals surface area contributed by atoms with Crippen molar-refractivity contribution in [3.05, 3.63) is 30.5 Å². The van der Waals surface area contributed by atoms with E-state index in [1.807, 2.05) is 18.3 Å². The number of anilines is 5. The molecule has 2 aromatic heterocycles. The van der Waals surface area contributed by atoms with Crippen LogP contribution < -0.4 is 20.9 Å². The molecule has 0 aromatic carbocycles. The van der Waals surface area contributed by atoms with Crippen molar-refractivity contribution in [2.75, 3.05) is 86.5 Å². The third-order valence-electron chi connectivity index (χ3n) is 8.12. The van der Waals surface area contributed by atoms with Crippen LogP contribution in [0.2, 0.25) is 0 Å². The summed E-state index contributed by atoms with van der Waals surface area (Å²) in [5.41, 5.74) is 8.31. The van der Waals surface area contributed by atoms with Crippen LogP contribution in [0.1, 0.15) is 13.8 Å². The van der Waals surface area contributed by atoms with Gasteiger partial charge in [0.25, 0.3) is 0 Å². The molecule has 2 atom stereocenters. The van der Waals surface area contributed by atoms with Crippen LogP contribution in [0.25, 0.3) is 0 Å². The summed E-state index contributed by atoms with van der Waals surface area (Å²) < 4.78 is 10.8. The highest BCUT2D eigenvalue weighted by atomic mass is 16.5. The molecule has 0 bridgehead atoms. The van der Waals surface area contributed by atoms with E-state index >= 15 is 0 Å². The normalized spacial score (nSPS) is 26.5. The maximum atomic E-state index is 6.09. The fourth-order valence-corrected chi connectivity index (χ4v) is 5.79. The Morgan fingerprint density at radius 1 is 0.833 bits per heavy atom. The molecule has 4 aliphatic heterocycles. The highest BCUT2D eigenvalue weighted by Gasteiger charge is 2.34. The van der Waals surface area contributed by atoms with Gasteiger partial charge in [0.1, 0.15) is 11.6 Å². The van der Waals surface area contributed by atoms with Gasteiger partial charge >= 0.3 is 0 Å². The van der Waals surface area contributed by atoms with E-state index in [1.165, 1.54) is 0 Å². The van der Waals surface area contributed by atoms with Crippen LogP contribution >= 0.6 is 0 Å². The minimum Gasteiger partial charge on any atom is -0.384 e. The molecule has 36 heavy (non-hydrogen) atoms. The molecule has 0 spiro atoms. The third-order valence-corrected chi connectivity index (χ3v) is 8.12. The number of pyridine rings is 2. The molecule has 0 radical (unpaired) electrons. The lowest BCUT2D eigenvalue weighted by atomic mass is 10.1. The molecule has 10 heteroatoms. The first-order chi connectivity index (χ1) is 17.5. The minimum absolute atomic E-state index is 0.368. The Kier molecular flexibility index (Phi) is 6.59. The number of ether oxygens (including phenoxy) is 2. The summed E-state index contributed by atoms with van der Waals surface area (Å²) in [6, 6.07) is 10.1. The van der Waals surface area contributed by atoms with E-state index in [0.29, 0.717) is 30.0 Å². The molecule has 2 aromatic rings. The first kappa shape index (κ1) is 23.7. The van der Waals surface area contributed by atoms with Crippen molar-refractivity contribution in [3.8, 4) is 0 Å². The molecule has 10 nitrogen and oxygen atoms in total. The van der Waals surface area contributed by atoms with Gasteiger partial charge in [-0.25, -0.2) is 9.97 Å². The Morgan fingerprint density at radius 2 is 1.47 bits per heavy atom. The Bertz CT molecular complexity index is 1040. The largest absolute Gasteiger partial charge is 0.384 e. The van der Waals surface area contributed by atoms with Gasteiger partial charge in [-0.15, -0.1) is 0 Å². The van der Waals surface area contributed by atoms with Crippen molar-refractivity contribution in [1.29, 1.82) is 0 Å². The van der Waals surface area contributed by atoms with Crippen molar-refractivity contribution < 1.29 is 9.47 Å². The molecular weight excluding hydrogens is 456 g/mol. The fraction of sp³-hybridized carbons (Fsp3) is 0.615. The minimum atomic E-state index is 0.368. The van der Waals surface area contributed by atoms with E-state index in [9.17, 15) is 0 Å². The van der Waals surface area contributed by atoms with E-state index < -0.39 is 0 Å². The summed E-state index contributed by atoms with van der Waals surface area (Å²) in [5.74, 6) is 2.03. The predicted octanol–water partition coefficient (Wildman–Crippen LogP) is 1.62. The van der Waals surface area contributed by atoms with Crippen LogP contribution in [-0.2, 0) is 9.47 Å². The van der Waals surface area contributed by atoms with Gasteiger partial charge in [-0.2, -0.15) is 0 Å². The summed E-state index contributed by atoms with van der Waals surface area (Å²) in [6.45, 7) is 14.1. The predicted molar refractivity (Wildman–Crippen MR) is 142 cm³/mol. The number of nitrogen functional groups attached to an aromatic ring is 1. The van der Waals surface area contributed by atoms with Crippen molar-refractivity contribution in [1.82, 2.24) is 19.8 Å². The zero-order chi connectivity index (χ0) is 24.6. The van der Waals surface area contributed by atoms with Crippen molar-refractivity contribution in [2.45, 2.75) is 38.0 Å². The van der Waals surface area contributed by atoms with Crippen LogP contribution in [0, 0.1) is 0 Å². The Hall–Kier alpha value is -2.66. The summed E-state index contributed by atoms with van der Waals surface area (Å²) >= 11 is 0. The molecule has 0 amide bonds. The lowest BCUT2D eigenvalue weighted by Gasteiger charge is -2.46. The van der Waals surface area contributed by atoms with Crippen molar-refractivity contribution in [3.63, 3.8) is 0 Å². The van der Waals surface area contributed by atoms with Crippen molar-refractivity contribution in [2.24, 2.45) is 0 Å². The molecule has 194 valence electrons. The van der Waals surface area contributed by atoms with Gasteiger partial charge < -0.3 is 30.3 Å². The number of rotatable bonds is 6. The summed E-state index contributed by atoms with van der Waals surface area (Å²) in [6.07, 6.45) is 1.97. The van der Waals surface area contributed by atoms with E-state index in [1.54, 1.807) is 0 Å². The monoisotopic (exact) mass is 494 g/mol. The average molecular weight is 495 g/mol. The van der Waals surface area contributed by atoms with Crippen LogP contribution in [0.15, 0.2) is 30.5 Å². The highest BCUT2D eigenvalue weighted by Crippen LogP contribution is 2.32. The van der Waals surface area contributed by atoms with Gasteiger partial charge in [0.2, 0.25) is 0 Å². The summed E-state index contributed by atoms with van der Waals surface area (Å²) in [5, 5.41) is 3.45. The van der Waals surface area contributed by atoms with Gasteiger partial charge in [-0.1, -0.05) is 0 Å². The van der Waals surface area contributed by atoms with Gasteiger partial charge in [-0.05, 0) is 38.1 Å². The standard InChI is InChI=1S/C26H38N8O2/c1-18-12-31(21-14-35-15-21)7-9-33(18)20-3-6-25(28-11-20)30-26-23(4-5-24(27)29-26)34-10-8-32(13-19(34)2)22-16-36-17-22/h3-6,11,18-19,21-22H,7-10,12-17H2,1-2H3,(H3,27,28,29,30)/t18-,19-/m0/s1. The van der Waals surface area contributed by atoms with Crippen LogP contribution in [0.4, 0.5) is 28.8 Å². The number of aromatic nitrogens is 2. The SMILES string of the molecule is C[C@H]1CN(C2COC2)CCN1c1ccc(Nc2nc(N)ccc2N2CCN(C3COC3)C[C@@H]2C)nc1. The number of nitrogens with one attached hydrogen (secondary N) is 1. The Morgan fingerprint density at radius 3 is 2.00 bits per heavy atom. The molecule has 0 unspecified atom stereocenters. The Labute approximate surface area is 213 Å². The summed E-state index contributed by atoms with van der Waals surface area (Å²) in [4.78, 5) is 19.4. The highest BCUT2D eigenvalue weighted by molar-refractivity contribution is 5.73. The molecule has 6 rings (SSSR count). The van der Waals surface area contributed by atoms with Gasteiger partial charge in [0, 0.05) is 51.4 Å². The number of piperazine rings is 2. The zero-order valence-corrected chi connectivity index (χ0v) is 21.3. The molecule has 0 saturated carbocycles.